The number of likely N-dealkylation sites (tertiary alicyclic amines) is 1. The van der Waals surface area contributed by atoms with Crippen molar-refractivity contribution in [2.75, 3.05) is 20.1 Å². The van der Waals surface area contributed by atoms with E-state index in [0.717, 1.165) is 4.47 Å². The van der Waals surface area contributed by atoms with Gasteiger partial charge in [-0.3, -0.25) is 0 Å². The van der Waals surface area contributed by atoms with Crippen molar-refractivity contribution < 1.29 is 4.90 Å². The highest BCUT2D eigenvalue weighted by molar-refractivity contribution is 9.10. The lowest BCUT2D eigenvalue weighted by molar-refractivity contribution is -0.882. The van der Waals surface area contributed by atoms with Crippen molar-refractivity contribution in [3.63, 3.8) is 0 Å². The summed E-state index contributed by atoms with van der Waals surface area (Å²) in [4.78, 5) is 1.64. The molecular formula is C19H21BrN+. The number of piperidine rings is 1. The second-order valence-electron chi connectivity index (χ2n) is 5.81. The maximum atomic E-state index is 3.54. The van der Waals surface area contributed by atoms with E-state index in [1.54, 1.807) is 10.5 Å². The van der Waals surface area contributed by atoms with Gasteiger partial charge in [-0.05, 0) is 28.8 Å². The molecule has 0 unspecified atom stereocenters. The van der Waals surface area contributed by atoms with Crippen molar-refractivity contribution in [1.82, 2.24) is 0 Å². The zero-order valence-corrected chi connectivity index (χ0v) is 14.0. The molecule has 0 amide bonds. The van der Waals surface area contributed by atoms with Crippen molar-refractivity contribution in [3.8, 4) is 0 Å². The number of benzene rings is 2. The Labute approximate surface area is 135 Å². The Balaban J connectivity index is 2.07. The fourth-order valence-electron chi connectivity index (χ4n) is 3.02. The summed E-state index contributed by atoms with van der Waals surface area (Å²) in [5.74, 6) is 0. The molecule has 2 aromatic rings. The van der Waals surface area contributed by atoms with Crippen LogP contribution in [0, 0.1) is 0 Å². The number of hydrogen-bond acceptors (Lipinski definition) is 0. The summed E-state index contributed by atoms with van der Waals surface area (Å²) in [7, 11) is 2.29. The molecule has 0 aliphatic carbocycles. The first-order chi connectivity index (χ1) is 10.2. The predicted octanol–water partition coefficient (Wildman–Crippen LogP) is 3.56. The Bertz CT molecular complexity index is 618. The minimum atomic E-state index is 1.14. The summed E-state index contributed by atoms with van der Waals surface area (Å²) in [6.07, 6.45) is 2.40. The van der Waals surface area contributed by atoms with Crippen LogP contribution in [0.4, 0.5) is 0 Å². The molecule has 0 saturated carbocycles. The molecule has 2 aromatic carbocycles. The van der Waals surface area contributed by atoms with Crippen LogP contribution in [0.25, 0.3) is 5.57 Å². The molecule has 1 aliphatic rings. The third kappa shape index (κ3) is 3.45. The molecule has 1 heterocycles. The predicted molar refractivity (Wildman–Crippen MR) is 92.5 cm³/mol. The van der Waals surface area contributed by atoms with E-state index in [-0.39, 0.29) is 0 Å². The molecule has 3 rings (SSSR count). The summed E-state index contributed by atoms with van der Waals surface area (Å²) in [6.45, 7) is 2.48. The van der Waals surface area contributed by atoms with Gasteiger partial charge < -0.3 is 4.90 Å². The van der Waals surface area contributed by atoms with Crippen LogP contribution < -0.4 is 4.90 Å². The smallest absolute Gasteiger partial charge is 0.0807 e. The first-order valence-corrected chi connectivity index (χ1v) is 8.38. The Morgan fingerprint density at radius 3 is 2.05 bits per heavy atom. The lowest BCUT2D eigenvalue weighted by Crippen LogP contribution is -3.09. The van der Waals surface area contributed by atoms with Crippen LogP contribution in [-0.2, 0) is 0 Å². The van der Waals surface area contributed by atoms with Crippen LogP contribution in [0.15, 0.2) is 64.6 Å². The van der Waals surface area contributed by atoms with E-state index in [9.17, 15) is 0 Å². The van der Waals surface area contributed by atoms with Crippen molar-refractivity contribution in [2.24, 2.45) is 0 Å². The van der Waals surface area contributed by atoms with Crippen LogP contribution in [0.3, 0.4) is 0 Å². The van der Waals surface area contributed by atoms with Crippen LogP contribution in [0.5, 0.6) is 0 Å². The van der Waals surface area contributed by atoms with Gasteiger partial charge in [0.15, 0.2) is 0 Å². The zero-order chi connectivity index (χ0) is 14.7. The Hall–Kier alpha value is -1.38. The molecule has 108 valence electrons. The monoisotopic (exact) mass is 342 g/mol. The van der Waals surface area contributed by atoms with Gasteiger partial charge in [-0.2, -0.15) is 0 Å². The van der Waals surface area contributed by atoms with Crippen molar-refractivity contribution in [2.45, 2.75) is 12.8 Å². The van der Waals surface area contributed by atoms with Crippen molar-refractivity contribution in [1.29, 1.82) is 0 Å². The maximum Gasteiger partial charge on any atom is 0.0807 e. The van der Waals surface area contributed by atoms with Gasteiger partial charge in [0, 0.05) is 17.3 Å². The molecule has 1 saturated heterocycles. The number of hydrogen-bond donors (Lipinski definition) is 1. The standard InChI is InChI=1S/C19H20BrN/c1-21-13-11-17(12-14-21)19(15-5-3-2-4-6-15)16-7-9-18(20)10-8-16/h2-10H,11-14H2,1H3/p+1. The summed E-state index contributed by atoms with van der Waals surface area (Å²) in [6, 6.07) is 19.6. The van der Waals surface area contributed by atoms with E-state index in [4.69, 9.17) is 0 Å². The Morgan fingerprint density at radius 2 is 1.43 bits per heavy atom. The lowest BCUT2D eigenvalue weighted by atomic mass is 9.88. The second-order valence-corrected chi connectivity index (χ2v) is 6.72. The lowest BCUT2D eigenvalue weighted by Gasteiger charge is -2.24. The Kier molecular flexibility index (Phi) is 4.57. The first kappa shape index (κ1) is 14.6. The van der Waals surface area contributed by atoms with E-state index in [1.165, 1.54) is 42.6 Å². The minimum Gasteiger partial charge on any atom is -0.337 e. The first-order valence-electron chi connectivity index (χ1n) is 7.59. The molecule has 0 spiro atoms. The largest absolute Gasteiger partial charge is 0.337 e. The molecule has 1 nitrogen and oxygen atoms in total. The molecule has 0 radical (unpaired) electrons. The summed E-state index contributed by atoms with van der Waals surface area (Å²) in [5.41, 5.74) is 5.72. The molecule has 2 heteroatoms. The molecule has 0 bridgehead atoms. The minimum absolute atomic E-state index is 1.14. The summed E-state index contributed by atoms with van der Waals surface area (Å²) in [5, 5.41) is 0. The fourth-order valence-corrected chi connectivity index (χ4v) is 3.29. The molecular weight excluding hydrogens is 322 g/mol. The van der Waals surface area contributed by atoms with Crippen LogP contribution in [-0.4, -0.2) is 20.1 Å². The van der Waals surface area contributed by atoms with E-state index < -0.39 is 0 Å². The van der Waals surface area contributed by atoms with E-state index in [1.807, 2.05) is 0 Å². The van der Waals surface area contributed by atoms with E-state index in [0.29, 0.717) is 0 Å². The van der Waals surface area contributed by atoms with Gasteiger partial charge in [-0.25, -0.2) is 0 Å². The molecule has 1 aliphatic heterocycles. The number of halogens is 1. The van der Waals surface area contributed by atoms with Gasteiger partial charge in [-0.1, -0.05) is 64.0 Å². The van der Waals surface area contributed by atoms with Crippen molar-refractivity contribution in [3.05, 3.63) is 75.8 Å². The van der Waals surface area contributed by atoms with E-state index >= 15 is 0 Å². The number of quaternary nitrogens is 1. The van der Waals surface area contributed by atoms with Crippen LogP contribution in [0.1, 0.15) is 24.0 Å². The van der Waals surface area contributed by atoms with Gasteiger partial charge in [0.2, 0.25) is 0 Å². The fraction of sp³-hybridized carbons (Fsp3) is 0.263. The number of rotatable bonds is 2. The van der Waals surface area contributed by atoms with Crippen molar-refractivity contribution >= 4 is 21.5 Å². The van der Waals surface area contributed by atoms with Crippen LogP contribution >= 0.6 is 15.9 Å². The third-order valence-electron chi connectivity index (χ3n) is 4.26. The average molecular weight is 343 g/mol. The van der Waals surface area contributed by atoms with Gasteiger partial charge in [0.05, 0.1) is 20.1 Å². The third-order valence-corrected chi connectivity index (χ3v) is 4.78. The molecule has 1 fully saturated rings. The SMILES string of the molecule is C[NH+]1CCC(=C(c2ccccc2)c2ccc(Br)cc2)CC1. The van der Waals surface area contributed by atoms with Crippen LogP contribution in [0.2, 0.25) is 0 Å². The molecule has 21 heavy (non-hydrogen) atoms. The Morgan fingerprint density at radius 1 is 0.857 bits per heavy atom. The number of nitrogens with one attached hydrogen (secondary N) is 1. The van der Waals surface area contributed by atoms with Gasteiger partial charge in [0.25, 0.3) is 0 Å². The highest BCUT2D eigenvalue weighted by atomic mass is 79.9. The highest BCUT2D eigenvalue weighted by Gasteiger charge is 2.18. The molecule has 1 N–H and O–H groups in total. The molecule has 0 atom stereocenters. The van der Waals surface area contributed by atoms with E-state index in [2.05, 4.69) is 77.6 Å². The topological polar surface area (TPSA) is 4.44 Å². The average Bonchev–Trinajstić information content (AvgIpc) is 2.52. The molecule has 0 aromatic heterocycles. The maximum absolute atomic E-state index is 3.54. The summed E-state index contributed by atoms with van der Waals surface area (Å²) >= 11 is 3.54. The second kappa shape index (κ2) is 6.59. The highest BCUT2D eigenvalue weighted by Crippen LogP contribution is 2.31. The van der Waals surface area contributed by atoms with Gasteiger partial charge >= 0.3 is 0 Å². The van der Waals surface area contributed by atoms with Gasteiger partial charge in [-0.15, -0.1) is 0 Å². The zero-order valence-electron chi connectivity index (χ0n) is 12.4. The quantitative estimate of drug-likeness (QED) is 0.851. The normalized spacial score (nSPS) is 18.6. The van der Waals surface area contributed by atoms with Gasteiger partial charge in [0.1, 0.15) is 0 Å². The summed E-state index contributed by atoms with van der Waals surface area (Å²) < 4.78 is 1.14.